The number of amides is 1. The summed E-state index contributed by atoms with van der Waals surface area (Å²) in [6, 6.07) is 8.49. The lowest BCUT2D eigenvalue weighted by molar-refractivity contribution is -0.147. The van der Waals surface area contributed by atoms with E-state index in [0.29, 0.717) is 44.1 Å². The Morgan fingerprint density at radius 3 is 2.48 bits per heavy atom. The summed E-state index contributed by atoms with van der Waals surface area (Å²) in [7, 11) is -1.89. The molecule has 27 heavy (non-hydrogen) atoms. The van der Waals surface area contributed by atoms with Crippen LogP contribution in [0.3, 0.4) is 0 Å². The molecule has 0 spiro atoms. The lowest BCUT2D eigenvalue weighted by Crippen LogP contribution is -2.52. The van der Waals surface area contributed by atoms with Gasteiger partial charge in [0.15, 0.2) is 0 Å². The number of nitrogens with one attached hydrogen (secondary N) is 1. The molecule has 2 saturated heterocycles. The van der Waals surface area contributed by atoms with Gasteiger partial charge in [-0.3, -0.25) is 4.79 Å². The molecule has 2 aliphatic rings. The Hall–Kier alpha value is -1.48. The second kappa shape index (κ2) is 8.68. The molecule has 0 atom stereocenters. The standard InChI is InChI=1S/C19H29N3O4S/c1-26-16-19(8-10-20-11-9-19)18(23)21-12-5-13-22(15-14-21)27(24,25)17-6-3-2-4-7-17/h2-4,6-7,20H,5,8-16H2,1H3. The Labute approximate surface area is 161 Å². The van der Waals surface area contributed by atoms with Gasteiger partial charge in [0.25, 0.3) is 0 Å². The topological polar surface area (TPSA) is 79.0 Å². The SMILES string of the molecule is COCC1(C(=O)N2CCCN(S(=O)(=O)c3ccccc3)CC2)CCNCC1. The number of carbonyl (C=O) groups excluding carboxylic acids is 1. The third-order valence-electron chi connectivity index (χ3n) is 5.56. The summed E-state index contributed by atoms with van der Waals surface area (Å²) in [4.78, 5) is 15.4. The van der Waals surface area contributed by atoms with Crippen LogP contribution in [0.1, 0.15) is 19.3 Å². The van der Waals surface area contributed by atoms with Crippen molar-refractivity contribution in [1.29, 1.82) is 0 Å². The molecule has 0 unspecified atom stereocenters. The Balaban J connectivity index is 1.71. The maximum absolute atomic E-state index is 13.3. The lowest BCUT2D eigenvalue weighted by atomic mass is 9.78. The number of nitrogens with zero attached hydrogens (tertiary/aromatic N) is 2. The van der Waals surface area contributed by atoms with E-state index in [4.69, 9.17) is 4.74 Å². The number of sulfonamides is 1. The first-order valence-electron chi connectivity index (χ1n) is 9.54. The zero-order valence-electron chi connectivity index (χ0n) is 15.9. The van der Waals surface area contributed by atoms with Gasteiger partial charge in [-0.25, -0.2) is 8.42 Å². The van der Waals surface area contributed by atoms with Gasteiger partial charge in [0, 0.05) is 33.3 Å². The van der Waals surface area contributed by atoms with Gasteiger partial charge in [0.05, 0.1) is 16.9 Å². The molecule has 2 heterocycles. The Kier molecular flexibility index (Phi) is 6.52. The molecule has 8 heteroatoms. The second-order valence-corrected chi connectivity index (χ2v) is 9.26. The molecule has 0 bridgehead atoms. The second-order valence-electron chi connectivity index (χ2n) is 7.33. The van der Waals surface area contributed by atoms with Crippen LogP contribution in [0.2, 0.25) is 0 Å². The van der Waals surface area contributed by atoms with Crippen molar-refractivity contribution in [3.8, 4) is 0 Å². The monoisotopic (exact) mass is 395 g/mol. The first-order valence-corrected chi connectivity index (χ1v) is 11.0. The Morgan fingerprint density at radius 2 is 1.81 bits per heavy atom. The summed E-state index contributed by atoms with van der Waals surface area (Å²) in [5, 5.41) is 3.30. The highest BCUT2D eigenvalue weighted by Crippen LogP contribution is 2.32. The number of carbonyl (C=O) groups is 1. The van der Waals surface area contributed by atoms with Gasteiger partial charge >= 0.3 is 0 Å². The van der Waals surface area contributed by atoms with Crippen LogP contribution in [-0.2, 0) is 19.6 Å². The van der Waals surface area contributed by atoms with E-state index in [0.717, 1.165) is 25.9 Å². The highest BCUT2D eigenvalue weighted by molar-refractivity contribution is 7.89. The minimum absolute atomic E-state index is 0.102. The summed E-state index contributed by atoms with van der Waals surface area (Å²) in [5.74, 6) is 0.102. The number of hydrogen-bond donors (Lipinski definition) is 1. The predicted molar refractivity (Wildman–Crippen MR) is 103 cm³/mol. The number of ether oxygens (including phenoxy) is 1. The number of methoxy groups -OCH3 is 1. The zero-order chi connectivity index (χ0) is 19.3. The quantitative estimate of drug-likeness (QED) is 0.802. The van der Waals surface area contributed by atoms with Crippen LogP contribution in [-0.4, -0.2) is 76.5 Å². The van der Waals surface area contributed by atoms with Crippen molar-refractivity contribution < 1.29 is 17.9 Å². The molecule has 0 aliphatic carbocycles. The van der Waals surface area contributed by atoms with E-state index in [9.17, 15) is 13.2 Å². The van der Waals surface area contributed by atoms with Gasteiger partial charge in [-0.1, -0.05) is 18.2 Å². The molecular formula is C19H29N3O4S. The lowest BCUT2D eigenvalue weighted by Gasteiger charge is -2.39. The number of benzene rings is 1. The molecule has 0 saturated carbocycles. The first-order chi connectivity index (χ1) is 13.0. The highest BCUT2D eigenvalue weighted by Gasteiger charge is 2.42. The summed E-state index contributed by atoms with van der Waals surface area (Å²) in [5.41, 5.74) is -0.493. The molecule has 1 N–H and O–H groups in total. The number of rotatable bonds is 5. The van der Waals surface area contributed by atoms with Crippen molar-refractivity contribution in [3.05, 3.63) is 30.3 Å². The minimum atomic E-state index is -3.52. The van der Waals surface area contributed by atoms with Gasteiger partial charge in [-0.05, 0) is 44.5 Å². The smallest absolute Gasteiger partial charge is 0.243 e. The summed E-state index contributed by atoms with van der Waals surface area (Å²) >= 11 is 0. The maximum atomic E-state index is 13.3. The highest BCUT2D eigenvalue weighted by atomic mass is 32.2. The molecule has 1 aromatic rings. The molecule has 1 amide bonds. The number of hydrogen-bond acceptors (Lipinski definition) is 5. The molecule has 0 radical (unpaired) electrons. The third-order valence-corrected chi connectivity index (χ3v) is 7.47. The average Bonchev–Trinajstić information content (AvgIpc) is 2.96. The fraction of sp³-hybridized carbons (Fsp3) is 0.632. The predicted octanol–water partition coefficient (Wildman–Crippen LogP) is 0.926. The molecular weight excluding hydrogens is 366 g/mol. The van der Waals surface area contributed by atoms with Crippen LogP contribution in [0.5, 0.6) is 0 Å². The van der Waals surface area contributed by atoms with Crippen LogP contribution in [0.15, 0.2) is 35.2 Å². The average molecular weight is 396 g/mol. The zero-order valence-corrected chi connectivity index (χ0v) is 16.7. The van der Waals surface area contributed by atoms with E-state index in [2.05, 4.69) is 5.32 Å². The van der Waals surface area contributed by atoms with Gasteiger partial charge in [0.1, 0.15) is 0 Å². The summed E-state index contributed by atoms with van der Waals surface area (Å²) in [6.07, 6.45) is 2.14. The largest absolute Gasteiger partial charge is 0.384 e. The van der Waals surface area contributed by atoms with E-state index in [1.54, 1.807) is 37.4 Å². The first kappa shape index (κ1) is 20.3. The number of piperidine rings is 1. The molecule has 150 valence electrons. The Bertz CT molecular complexity index is 727. The molecule has 7 nitrogen and oxygen atoms in total. The normalized spacial score (nSPS) is 21.6. The van der Waals surface area contributed by atoms with Crippen LogP contribution in [0, 0.1) is 5.41 Å². The molecule has 3 rings (SSSR count). The Morgan fingerprint density at radius 1 is 1.11 bits per heavy atom. The molecule has 2 fully saturated rings. The van der Waals surface area contributed by atoms with Crippen molar-refractivity contribution >= 4 is 15.9 Å². The van der Waals surface area contributed by atoms with Crippen LogP contribution in [0.4, 0.5) is 0 Å². The van der Waals surface area contributed by atoms with Gasteiger partial charge in [-0.2, -0.15) is 4.31 Å². The molecule has 1 aromatic carbocycles. The minimum Gasteiger partial charge on any atom is -0.384 e. The van der Waals surface area contributed by atoms with Crippen molar-refractivity contribution in [3.63, 3.8) is 0 Å². The van der Waals surface area contributed by atoms with Crippen LogP contribution in [0.25, 0.3) is 0 Å². The van der Waals surface area contributed by atoms with E-state index in [-0.39, 0.29) is 5.91 Å². The van der Waals surface area contributed by atoms with Crippen molar-refractivity contribution in [2.45, 2.75) is 24.2 Å². The van der Waals surface area contributed by atoms with Crippen molar-refractivity contribution in [1.82, 2.24) is 14.5 Å². The molecule has 0 aromatic heterocycles. The fourth-order valence-electron chi connectivity index (χ4n) is 4.02. The summed E-state index contributed by atoms with van der Waals surface area (Å²) < 4.78 is 32.6. The van der Waals surface area contributed by atoms with Crippen molar-refractivity contribution in [2.24, 2.45) is 5.41 Å². The van der Waals surface area contributed by atoms with E-state index in [1.165, 1.54) is 4.31 Å². The van der Waals surface area contributed by atoms with Gasteiger partial charge in [0.2, 0.25) is 15.9 Å². The van der Waals surface area contributed by atoms with E-state index in [1.807, 2.05) is 4.90 Å². The van der Waals surface area contributed by atoms with Crippen molar-refractivity contribution in [2.75, 3.05) is 53.0 Å². The molecule has 2 aliphatic heterocycles. The van der Waals surface area contributed by atoms with Gasteiger partial charge in [-0.15, -0.1) is 0 Å². The fourth-order valence-corrected chi connectivity index (χ4v) is 5.51. The maximum Gasteiger partial charge on any atom is 0.243 e. The third kappa shape index (κ3) is 4.34. The van der Waals surface area contributed by atoms with E-state index < -0.39 is 15.4 Å². The van der Waals surface area contributed by atoms with E-state index >= 15 is 0 Å². The summed E-state index contributed by atoms with van der Waals surface area (Å²) in [6.45, 7) is 3.78. The van der Waals surface area contributed by atoms with Gasteiger partial charge < -0.3 is 15.0 Å². The van der Waals surface area contributed by atoms with Crippen LogP contribution < -0.4 is 5.32 Å². The van der Waals surface area contributed by atoms with Crippen LogP contribution >= 0.6 is 0 Å².